The van der Waals surface area contributed by atoms with Crippen LogP contribution in [0.3, 0.4) is 0 Å². The molecule has 3 aliphatic carbocycles. The van der Waals surface area contributed by atoms with Crippen LogP contribution in [0.1, 0.15) is 120 Å². The molecule has 3 aliphatic rings. The van der Waals surface area contributed by atoms with Gasteiger partial charge in [0.2, 0.25) is 0 Å². The summed E-state index contributed by atoms with van der Waals surface area (Å²) in [6.45, 7) is 6.08. The molecule has 0 nitrogen and oxygen atoms in total. The Bertz CT molecular complexity index is 713. The second-order valence-corrected chi connectivity index (χ2v) is 11.6. The van der Waals surface area contributed by atoms with Crippen LogP contribution in [0.5, 0.6) is 0 Å². The molecular weight excluding hydrogens is 391 g/mol. The van der Waals surface area contributed by atoms with Crippen LogP contribution in [0, 0.1) is 35.4 Å². The van der Waals surface area contributed by atoms with E-state index >= 15 is 0 Å². The molecule has 3 saturated carbocycles. The van der Waals surface area contributed by atoms with Crippen LogP contribution in [0.25, 0.3) is 0 Å². The van der Waals surface area contributed by atoms with E-state index < -0.39 is 0 Å². The number of aryl methyl sites for hydroxylation is 1. The van der Waals surface area contributed by atoms with E-state index in [2.05, 4.69) is 19.6 Å². The Balaban J connectivity index is 1.23. The van der Waals surface area contributed by atoms with Gasteiger partial charge < -0.3 is 0 Å². The molecule has 32 heavy (non-hydrogen) atoms. The summed E-state index contributed by atoms with van der Waals surface area (Å²) in [6.07, 6.45) is 23.6. The second kappa shape index (κ2) is 11.8. The van der Waals surface area contributed by atoms with Crippen molar-refractivity contribution in [2.24, 2.45) is 29.6 Å². The summed E-state index contributed by atoms with van der Waals surface area (Å²) in [7, 11) is 0. The predicted octanol–water partition coefficient (Wildman–Crippen LogP) is 9.63. The molecule has 0 spiro atoms. The third-order valence-electron chi connectivity index (χ3n) is 9.58. The van der Waals surface area contributed by atoms with Crippen LogP contribution in [0.15, 0.2) is 30.9 Å². The van der Waals surface area contributed by atoms with Crippen molar-refractivity contribution in [3.63, 3.8) is 0 Å². The Kier molecular flexibility index (Phi) is 8.90. The summed E-state index contributed by atoms with van der Waals surface area (Å²) in [6, 6.07) is 6.07. The molecule has 0 amide bonds. The van der Waals surface area contributed by atoms with Gasteiger partial charge in [-0.25, -0.2) is 4.39 Å². The van der Waals surface area contributed by atoms with E-state index in [1.807, 2.05) is 18.2 Å². The Hall–Kier alpha value is -1.11. The topological polar surface area (TPSA) is 0 Å². The first-order chi connectivity index (χ1) is 15.7. The highest BCUT2D eigenvalue weighted by Crippen LogP contribution is 2.50. The van der Waals surface area contributed by atoms with Gasteiger partial charge in [0.05, 0.1) is 0 Å². The van der Waals surface area contributed by atoms with Gasteiger partial charge in [-0.15, -0.1) is 6.58 Å². The number of rotatable bonds is 9. The molecule has 4 rings (SSSR count). The van der Waals surface area contributed by atoms with Gasteiger partial charge in [0.15, 0.2) is 0 Å². The number of hydrogen-bond donors (Lipinski definition) is 0. The lowest BCUT2D eigenvalue weighted by atomic mass is 9.60. The number of unbranched alkanes of at least 4 members (excludes halogenated alkanes) is 2. The molecule has 178 valence electrons. The molecule has 0 aromatic heterocycles. The lowest BCUT2D eigenvalue weighted by Gasteiger charge is -2.45. The third kappa shape index (κ3) is 6.06. The molecule has 3 fully saturated rings. The van der Waals surface area contributed by atoms with E-state index in [4.69, 9.17) is 0 Å². The average molecular weight is 439 g/mol. The summed E-state index contributed by atoms with van der Waals surface area (Å²) in [4.78, 5) is 0. The van der Waals surface area contributed by atoms with Gasteiger partial charge in [-0.3, -0.25) is 0 Å². The summed E-state index contributed by atoms with van der Waals surface area (Å²) in [5.74, 6) is 5.60. The average Bonchev–Trinajstić information content (AvgIpc) is 2.83. The molecular formula is C31H47F. The molecule has 4 unspecified atom stereocenters. The Morgan fingerprint density at radius 3 is 2.28 bits per heavy atom. The summed E-state index contributed by atoms with van der Waals surface area (Å²) in [5.41, 5.74) is 2.09. The van der Waals surface area contributed by atoms with E-state index in [-0.39, 0.29) is 5.82 Å². The van der Waals surface area contributed by atoms with E-state index in [0.29, 0.717) is 5.92 Å². The molecule has 1 aromatic carbocycles. The van der Waals surface area contributed by atoms with Crippen molar-refractivity contribution in [2.75, 3.05) is 0 Å². The minimum Gasteiger partial charge on any atom is -0.207 e. The molecule has 0 heterocycles. The van der Waals surface area contributed by atoms with Gasteiger partial charge in [0, 0.05) is 0 Å². The zero-order chi connectivity index (χ0) is 22.3. The maximum absolute atomic E-state index is 14.5. The van der Waals surface area contributed by atoms with Crippen LogP contribution in [-0.2, 0) is 6.42 Å². The zero-order valence-corrected chi connectivity index (χ0v) is 20.7. The Labute approximate surface area is 197 Å². The van der Waals surface area contributed by atoms with Crippen molar-refractivity contribution in [3.8, 4) is 0 Å². The molecule has 0 aliphatic heterocycles. The van der Waals surface area contributed by atoms with E-state index in [9.17, 15) is 4.39 Å². The number of hydrogen-bond acceptors (Lipinski definition) is 0. The molecule has 4 atom stereocenters. The molecule has 1 aromatic rings. The quantitative estimate of drug-likeness (QED) is 0.266. The van der Waals surface area contributed by atoms with E-state index in [1.165, 1.54) is 89.0 Å². The molecule has 0 N–H and O–H groups in total. The van der Waals surface area contributed by atoms with Gasteiger partial charge in [0.25, 0.3) is 0 Å². The molecule has 1 heteroatoms. The van der Waals surface area contributed by atoms with E-state index in [1.54, 1.807) is 6.42 Å². The van der Waals surface area contributed by atoms with Crippen molar-refractivity contribution < 1.29 is 4.39 Å². The van der Waals surface area contributed by atoms with Crippen LogP contribution in [0.4, 0.5) is 4.39 Å². The lowest BCUT2D eigenvalue weighted by Crippen LogP contribution is -2.34. The van der Waals surface area contributed by atoms with Crippen molar-refractivity contribution in [2.45, 2.75) is 116 Å². The van der Waals surface area contributed by atoms with Gasteiger partial charge in [0.1, 0.15) is 5.82 Å². The highest BCUT2D eigenvalue weighted by Gasteiger charge is 2.38. The largest absolute Gasteiger partial charge is 0.207 e. The highest BCUT2D eigenvalue weighted by atomic mass is 19.1. The van der Waals surface area contributed by atoms with Crippen LogP contribution in [-0.4, -0.2) is 0 Å². The maximum atomic E-state index is 14.5. The van der Waals surface area contributed by atoms with Gasteiger partial charge in [-0.1, -0.05) is 57.2 Å². The summed E-state index contributed by atoms with van der Waals surface area (Å²) >= 11 is 0. The fraction of sp³-hybridized carbons (Fsp3) is 0.742. The normalized spacial score (nSPS) is 32.9. The van der Waals surface area contributed by atoms with E-state index in [0.717, 1.165) is 48.0 Å². The SMILES string of the molecule is C=CCCc1ccc(C2CCC(C3CCC4CC(CCCCC)CCC4C3)CC2)cc1F. The Morgan fingerprint density at radius 1 is 0.875 bits per heavy atom. The first kappa shape index (κ1) is 24.0. The fourth-order valence-corrected chi connectivity index (χ4v) is 7.60. The first-order valence-electron chi connectivity index (χ1n) is 14.1. The number of allylic oxidation sites excluding steroid dienone is 1. The maximum Gasteiger partial charge on any atom is 0.126 e. The zero-order valence-electron chi connectivity index (χ0n) is 20.7. The standard InChI is InChI=1S/C31H47F/c1-3-5-7-8-23-10-11-29-21-28(19-18-27(29)20-23)24-12-14-25(15-13-24)30-17-16-26(9-6-4-2)31(32)22-30/h4,16-17,22-25,27-29H,2-3,5-15,18-21H2,1H3. The van der Waals surface area contributed by atoms with Gasteiger partial charge in [-0.2, -0.15) is 0 Å². The van der Waals surface area contributed by atoms with Crippen molar-refractivity contribution in [3.05, 3.63) is 47.8 Å². The summed E-state index contributed by atoms with van der Waals surface area (Å²) < 4.78 is 14.5. The first-order valence-corrected chi connectivity index (χ1v) is 14.1. The molecule has 0 saturated heterocycles. The number of halogens is 1. The summed E-state index contributed by atoms with van der Waals surface area (Å²) in [5, 5.41) is 0. The number of benzene rings is 1. The highest BCUT2D eigenvalue weighted by molar-refractivity contribution is 5.27. The lowest BCUT2D eigenvalue weighted by molar-refractivity contribution is 0.0614. The minimum atomic E-state index is -0.00454. The fourth-order valence-electron chi connectivity index (χ4n) is 7.60. The van der Waals surface area contributed by atoms with Gasteiger partial charge in [-0.05, 0) is 123 Å². The van der Waals surface area contributed by atoms with Crippen molar-refractivity contribution in [1.82, 2.24) is 0 Å². The molecule has 0 bridgehead atoms. The monoisotopic (exact) mass is 438 g/mol. The second-order valence-electron chi connectivity index (χ2n) is 11.6. The van der Waals surface area contributed by atoms with Gasteiger partial charge >= 0.3 is 0 Å². The van der Waals surface area contributed by atoms with Crippen molar-refractivity contribution >= 4 is 0 Å². The molecule has 0 radical (unpaired) electrons. The van der Waals surface area contributed by atoms with Crippen LogP contribution < -0.4 is 0 Å². The third-order valence-corrected chi connectivity index (χ3v) is 9.58. The minimum absolute atomic E-state index is 0.00454. The van der Waals surface area contributed by atoms with Crippen LogP contribution >= 0.6 is 0 Å². The van der Waals surface area contributed by atoms with Crippen molar-refractivity contribution in [1.29, 1.82) is 0 Å². The Morgan fingerprint density at radius 2 is 1.56 bits per heavy atom. The smallest absolute Gasteiger partial charge is 0.126 e. The number of fused-ring (bicyclic) bond motifs is 1. The predicted molar refractivity (Wildman–Crippen MR) is 135 cm³/mol. The van der Waals surface area contributed by atoms with Crippen LogP contribution in [0.2, 0.25) is 0 Å².